The van der Waals surface area contributed by atoms with Gasteiger partial charge in [0.15, 0.2) is 0 Å². The topological polar surface area (TPSA) is 12.0 Å². The SMILES string of the molecule is CC1C=Cc2cccc(Cl)c2NC1C. The van der Waals surface area contributed by atoms with Crippen LogP contribution in [0.5, 0.6) is 0 Å². The van der Waals surface area contributed by atoms with Gasteiger partial charge in [0.2, 0.25) is 0 Å². The smallest absolute Gasteiger partial charge is 0.0643 e. The molecule has 1 aliphatic heterocycles. The molecule has 0 aromatic heterocycles. The van der Waals surface area contributed by atoms with Crippen molar-refractivity contribution in [2.75, 3.05) is 5.32 Å². The molecule has 2 unspecified atom stereocenters. The van der Waals surface area contributed by atoms with E-state index in [0.29, 0.717) is 12.0 Å². The first-order valence-electron chi connectivity index (χ1n) is 4.92. The van der Waals surface area contributed by atoms with Gasteiger partial charge in [-0.15, -0.1) is 0 Å². The number of hydrogen-bond acceptors (Lipinski definition) is 1. The fourth-order valence-corrected chi connectivity index (χ4v) is 1.85. The maximum absolute atomic E-state index is 6.13. The molecule has 0 saturated heterocycles. The first-order chi connectivity index (χ1) is 6.68. The first kappa shape index (κ1) is 9.60. The van der Waals surface area contributed by atoms with Gasteiger partial charge in [0.25, 0.3) is 0 Å². The molecule has 0 fully saturated rings. The average molecular weight is 208 g/mol. The molecule has 1 aliphatic rings. The summed E-state index contributed by atoms with van der Waals surface area (Å²) in [5.74, 6) is 0.526. The minimum atomic E-state index is 0.424. The van der Waals surface area contributed by atoms with Crippen molar-refractivity contribution in [3.8, 4) is 0 Å². The molecule has 0 bridgehead atoms. The van der Waals surface area contributed by atoms with Crippen molar-refractivity contribution in [2.45, 2.75) is 19.9 Å². The number of para-hydroxylation sites is 1. The third kappa shape index (κ3) is 1.64. The Bertz CT molecular complexity index is 371. The zero-order valence-corrected chi connectivity index (χ0v) is 9.18. The van der Waals surface area contributed by atoms with Gasteiger partial charge in [-0.2, -0.15) is 0 Å². The molecule has 0 radical (unpaired) electrons. The van der Waals surface area contributed by atoms with Gasteiger partial charge in [-0.1, -0.05) is 42.8 Å². The zero-order chi connectivity index (χ0) is 10.1. The summed E-state index contributed by atoms with van der Waals surface area (Å²) in [5.41, 5.74) is 2.23. The Morgan fingerprint density at radius 1 is 1.29 bits per heavy atom. The van der Waals surface area contributed by atoms with Crippen LogP contribution >= 0.6 is 11.6 Å². The molecule has 2 rings (SSSR count). The van der Waals surface area contributed by atoms with Crippen LogP contribution in [-0.2, 0) is 0 Å². The number of fused-ring (bicyclic) bond motifs is 1. The molecule has 1 heterocycles. The van der Waals surface area contributed by atoms with Crippen LogP contribution in [0, 0.1) is 5.92 Å². The second kappa shape index (κ2) is 3.66. The first-order valence-corrected chi connectivity index (χ1v) is 5.29. The van der Waals surface area contributed by atoms with Crippen molar-refractivity contribution >= 4 is 23.4 Å². The maximum Gasteiger partial charge on any atom is 0.0643 e. The van der Waals surface area contributed by atoms with Crippen LogP contribution in [0.15, 0.2) is 24.3 Å². The molecular formula is C12H14ClN. The highest BCUT2D eigenvalue weighted by Crippen LogP contribution is 2.31. The van der Waals surface area contributed by atoms with E-state index in [1.807, 2.05) is 12.1 Å². The molecule has 0 amide bonds. The number of rotatable bonds is 0. The predicted molar refractivity (Wildman–Crippen MR) is 62.7 cm³/mol. The standard InChI is InChI=1S/C12H14ClN/c1-8-6-7-10-4-3-5-11(13)12(10)14-9(8)2/h3-9,14H,1-2H3. The lowest BCUT2D eigenvalue weighted by Gasteiger charge is -2.18. The number of nitrogens with one attached hydrogen (secondary N) is 1. The van der Waals surface area contributed by atoms with Gasteiger partial charge in [0, 0.05) is 6.04 Å². The fourth-order valence-electron chi connectivity index (χ4n) is 1.61. The summed E-state index contributed by atoms with van der Waals surface area (Å²) in [5, 5.41) is 4.25. The molecule has 2 atom stereocenters. The van der Waals surface area contributed by atoms with Gasteiger partial charge < -0.3 is 5.32 Å². The number of benzene rings is 1. The molecule has 1 aromatic carbocycles. The lowest BCUT2D eigenvalue weighted by atomic mass is 10.0. The Kier molecular flexibility index (Phi) is 2.51. The summed E-state index contributed by atoms with van der Waals surface area (Å²) in [6, 6.07) is 6.40. The Labute approximate surface area is 89.8 Å². The van der Waals surface area contributed by atoms with E-state index >= 15 is 0 Å². The van der Waals surface area contributed by atoms with Crippen molar-refractivity contribution in [1.82, 2.24) is 0 Å². The summed E-state index contributed by atoms with van der Waals surface area (Å²) in [7, 11) is 0. The van der Waals surface area contributed by atoms with Gasteiger partial charge in [-0.25, -0.2) is 0 Å². The molecule has 0 spiro atoms. The largest absolute Gasteiger partial charge is 0.380 e. The molecule has 1 nitrogen and oxygen atoms in total. The quantitative estimate of drug-likeness (QED) is 0.683. The van der Waals surface area contributed by atoms with E-state index in [0.717, 1.165) is 10.7 Å². The number of anilines is 1. The van der Waals surface area contributed by atoms with E-state index < -0.39 is 0 Å². The van der Waals surface area contributed by atoms with Gasteiger partial charge in [-0.05, 0) is 24.5 Å². The van der Waals surface area contributed by atoms with Crippen LogP contribution in [-0.4, -0.2) is 6.04 Å². The van der Waals surface area contributed by atoms with Crippen LogP contribution in [0.25, 0.3) is 6.08 Å². The van der Waals surface area contributed by atoms with Gasteiger partial charge in [-0.3, -0.25) is 0 Å². The summed E-state index contributed by atoms with van der Waals surface area (Å²) in [6.07, 6.45) is 4.36. The molecule has 1 N–H and O–H groups in total. The summed E-state index contributed by atoms with van der Waals surface area (Å²) >= 11 is 6.13. The normalized spacial score (nSPS) is 25.1. The third-order valence-electron chi connectivity index (χ3n) is 2.79. The van der Waals surface area contributed by atoms with Gasteiger partial charge in [0.05, 0.1) is 10.7 Å². The van der Waals surface area contributed by atoms with E-state index in [-0.39, 0.29) is 0 Å². The van der Waals surface area contributed by atoms with Crippen molar-refractivity contribution in [1.29, 1.82) is 0 Å². The lowest BCUT2D eigenvalue weighted by molar-refractivity contribution is 0.623. The monoisotopic (exact) mass is 207 g/mol. The van der Waals surface area contributed by atoms with E-state index in [4.69, 9.17) is 11.6 Å². The summed E-state index contributed by atoms with van der Waals surface area (Å²) in [6.45, 7) is 4.38. The van der Waals surface area contributed by atoms with Gasteiger partial charge in [0.1, 0.15) is 0 Å². The highest BCUT2D eigenvalue weighted by atomic mass is 35.5. The molecule has 74 valence electrons. The van der Waals surface area contributed by atoms with Crippen LogP contribution in [0.1, 0.15) is 19.4 Å². The van der Waals surface area contributed by atoms with Crippen LogP contribution in [0.4, 0.5) is 5.69 Å². The zero-order valence-electron chi connectivity index (χ0n) is 8.42. The minimum Gasteiger partial charge on any atom is -0.380 e. The second-order valence-corrected chi connectivity index (χ2v) is 4.26. The number of halogens is 1. The van der Waals surface area contributed by atoms with Crippen LogP contribution in [0.2, 0.25) is 5.02 Å². The van der Waals surface area contributed by atoms with Crippen LogP contribution in [0.3, 0.4) is 0 Å². The third-order valence-corrected chi connectivity index (χ3v) is 3.10. The molecule has 0 saturated carbocycles. The van der Waals surface area contributed by atoms with Crippen molar-refractivity contribution in [3.05, 3.63) is 34.9 Å². The highest BCUT2D eigenvalue weighted by Gasteiger charge is 2.15. The van der Waals surface area contributed by atoms with Crippen LogP contribution < -0.4 is 5.32 Å². The second-order valence-electron chi connectivity index (χ2n) is 3.86. The average Bonchev–Trinajstić information content (AvgIpc) is 2.30. The Morgan fingerprint density at radius 2 is 2.07 bits per heavy atom. The van der Waals surface area contributed by atoms with Gasteiger partial charge >= 0.3 is 0 Å². The molecule has 14 heavy (non-hydrogen) atoms. The summed E-state index contributed by atoms with van der Waals surface area (Å²) < 4.78 is 0. The van der Waals surface area contributed by atoms with E-state index in [1.165, 1.54) is 5.56 Å². The Morgan fingerprint density at radius 3 is 2.86 bits per heavy atom. The van der Waals surface area contributed by atoms with E-state index in [9.17, 15) is 0 Å². The molecular weight excluding hydrogens is 194 g/mol. The predicted octanol–water partition coefficient (Wildman–Crippen LogP) is 3.80. The molecule has 2 heteroatoms. The van der Waals surface area contributed by atoms with Crippen molar-refractivity contribution < 1.29 is 0 Å². The molecule has 1 aromatic rings. The van der Waals surface area contributed by atoms with Crippen molar-refractivity contribution in [2.24, 2.45) is 5.92 Å². The lowest BCUT2D eigenvalue weighted by Crippen LogP contribution is -2.21. The number of hydrogen-bond donors (Lipinski definition) is 1. The minimum absolute atomic E-state index is 0.424. The maximum atomic E-state index is 6.13. The molecule has 0 aliphatic carbocycles. The Hall–Kier alpha value is -0.950. The Balaban J connectivity index is 2.48. The fraction of sp³-hybridized carbons (Fsp3) is 0.333. The highest BCUT2D eigenvalue weighted by molar-refractivity contribution is 6.33. The van der Waals surface area contributed by atoms with E-state index in [1.54, 1.807) is 0 Å². The van der Waals surface area contributed by atoms with E-state index in [2.05, 4.69) is 37.4 Å². The van der Waals surface area contributed by atoms with Crippen molar-refractivity contribution in [3.63, 3.8) is 0 Å². The summed E-state index contributed by atoms with van der Waals surface area (Å²) in [4.78, 5) is 0.